The molecule has 2 heterocycles. The molecule has 0 spiro atoms. The van der Waals surface area contributed by atoms with Crippen LogP contribution in [0.25, 0.3) is 4.96 Å². The zero-order chi connectivity index (χ0) is 16.3. The lowest BCUT2D eigenvalue weighted by Gasteiger charge is -2.18. The lowest BCUT2D eigenvalue weighted by Crippen LogP contribution is -2.31. The molecular weight excluding hydrogens is 304 g/mol. The first-order valence-corrected chi connectivity index (χ1v) is 8.10. The topological polar surface area (TPSA) is 85.6 Å². The number of hydrogen-bond acceptors (Lipinski definition) is 7. The van der Waals surface area contributed by atoms with E-state index in [0.29, 0.717) is 23.1 Å². The molecular formula is C14H20N4O3S. The van der Waals surface area contributed by atoms with E-state index in [9.17, 15) is 9.59 Å². The molecule has 0 unspecified atom stereocenters. The Morgan fingerprint density at radius 1 is 1.45 bits per heavy atom. The molecule has 0 aliphatic carbocycles. The van der Waals surface area contributed by atoms with Crippen LogP contribution in [0.3, 0.4) is 0 Å². The quantitative estimate of drug-likeness (QED) is 0.814. The van der Waals surface area contributed by atoms with Crippen LogP contribution in [0.2, 0.25) is 0 Å². The molecule has 0 aliphatic rings. The molecule has 0 aliphatic heterocycles. The molecule has 1 N–H and O–H groups in total. The van der Waals surface area contributed by atoms with Crippen molar-refractivity contribution in [2.75, 3.05) is 11.9 Å². The monoisotopic (exact) mass is 324 g/mol. The molecule has 2 rings (SSSR count). The smallest absolute Gasteiger partial charge is 0.310 e. The Balaban J connectivity index is 2.20. The first kappa shape index (κ1) is 16.4. The number of ether oxygens (including phenoxy) is 1. The van der Waals surface area contributed by atoms with Gasteiger partial charge < -0.3 is 10.1 Å². The fourth-order valence-corrected chi connectivity index (χ4v) is 2.81. The average molecular weight is 324 g/mol. The summed E-state index contributed by atoms with van der Waals surface area (Å²) in [5.74, 6) is -0.574. The molecule has 0 bridgehead atoms. The van der Waals surface area contributed by atoms with Crippen LogP contribution in [-0.2, 0) is 16.0 Å². The summed E-state index contributed by atoms with van der Waals surface area (Å²) in [5.41, 5.74) is 0.547. The van der Waals surface area contributed by atoms with E-state index in [1.54, 1.807) is 13.8 Å². The predicted molar refractivity (Wildman–Crippen MR) is 85.4 cm³/mol. The molecule has 7 nitrogen and oxygen atoms in total. The summed E-state index contributed by atoms with van der Waals surface area (Å²) < 4.78 is 6.28. The number of aryl methyl sites for hydroxylation is 1. The summed E-state index contributed by atoms with van der Waals surface area (Å²) in [6.45, 7) is 7.75. The lowest BCUT2D eigenvalue weighted by atomic mass is 10.0. The van der Waals surface area contributed by atoms with E-state index in [-0.39, 0.29) is 23.5 Å². The van der Waals surface area contributed by atoms with Crippen molar-refractivity contribution < 1.29 is 9.53 Å². The molecule has 0 aromatic carbocycles. The third kappa shape index (κ3) is 3.44. The van der Waals surface area contributed by atoms with Gasteiger partial charge in [-0.15, -0.1) is 5.10 Å². The highest BCUT2D eigenvalue weighted by atomic mass is 32.1. The number of carbonyl (C=O) groups excluding carboxylic acids is 1. The van der Waals surface area contributed by atoms with Crippen molar-refractivity contribution in [1.82, 2.24) is 14.6 Å². The van der Waals surface area contributed by atoms with Gasteiger partial charge in [0.15, 0.2) is 0 Å². The average Bonchev–Trinajstić information content (AvgIpc) is 2.89. The predicted octanol–water partition coefficient (Wildman–Crippen LogP) is 1.71. The third-order valence-electron chi connectivity index (χ3n) is 3.42. The maximum absolute atomic E-state index is 12.0. The number of aromatic nitrogens is 3. The molecule has 2 atom stereocenters. The Hall–Kier alpha value is -1.96. The van der Waals surface area contributed by atoms with Crippen LogP contribution in [0.4, 0.5) is 5.13 Å². The summed E-state index contributed by atoms with van der Waals surface area (Å²) in [6, 6.07) is 1.32. The van der Waals surface area contributed by atoms with Crippen molar-refractivity contribution in [3.63, 3.8) is 0 Å². The Labute approximate surface area is 132 Å². The standard InChI is InChI=1S/C14H20N4O3S/c1-5-10-7-11(19)18-14(16-10)22-13(17-18)15-9(4)8(3)12(20)21-6-2/h7-9H,5-6H2,1-4H3,(H,15,17)/t8-,9-/m0/s1. The highest BCUT2D eigenvalue weighted by Gasteiger charge is 2.22. The highest BCUT2D eigenvalue weighted by Crippen LogP contribution is 2.19. The zero-order valence-electron chi connectivity index (χ0n) is 13.1. The molecule has 0 fully saturated rings. The maximum atomic E-state index is 12.0. The van der Waals surface area contributed by atoms with Crippen molar-refractivity contribution in [2.45, 2.75) is 40.2 Å². The Kier molecular flexibility index (Phi) is 5.12. The molecule has 2 aromatic heterocycles. The summed E-state index contributed by atoms with van der Waals surface area (Å²) in [5, 5.41) is 7.91. The Morgan fingerprint density at radius 2 is 2.18 bits per heavy atom. The van der Waals surface area contributed by atoms with Crippen LogP contribution in [0, 0.1) is 5.92 Å². The Morgan fingerprint density at radius 3 is 2.82 bits per heavy atom. The fraction of sp³-hybridized carbons (Fsp3) is 0.571. The van der Waals surface area contributed by atoms with E-state index >= 15 is 0 Å². The molecule has 0 saturated carbocycles. The fourth-order valence-electron chi connectivity index (χ4n) is 1.89. The van der Waals surface area contributed by atoms with Crippen LogP contribution in [0.5, 0.6) is 0 Å². The van der Waals surface area contributed by atoms with Gasteiger partial charge in [-0.25, -0.2) is 4.98 Å². The summed E-state index contributed by atoms with van der Waals surface area (Å²) in [6.07, 6.45) is 0.697. The minimum absolute atomic E-state index is 0.166. The number of anilines is 1. The van der Waals surface area contributed by atoms with Gasteiger partial charge in [-0.05, 0) is 27.2 Å². The molecule has 120 valence electrons. The molecule has 8 heteroatoms. The summed E-state index contributed by atoms with van der Waals surface area (Å²) in [4.78, 5) is 28.6. The van der Waals surface area contributed by atoms with Gasteiger partial charge in [0.2, 0.25) is 10.1 Å². The van der Waals surface area contributed by atoms with Crippen LogP contribution in [0.1, 0.15) is 33.4 Å². The second kappa shape index (κ2) is 6.87. The van der Waals surface area contributed by atoms with Gasteiger partial charge in [0.05, 0.1) is 12.5 Å². The number of fused-ring (bicyclic) bond motifs is 1. The SMILES string of the molecule is CCOC(=O)[C@@H](C)[C@H](C)Nc1nn2c(=O)cc(CC)nc2s1. The van der Waals surface area contributed by atoms with Crippen molar-refractivity contribution in [1.29, 1.82) is 0 Å². The van der Waals surface area contributed by atoms with Gasteiger partial charge in [-0.1, -0.05) is 18.3 Å². The minimum atomic E-state index is -0.317. The largest absolute Gasteiger partial charge is 0.466 e. The number of rotatable bonds is 6. The van der Waals surface area contributed by atoms with Gasteiger partial charge >= 0.3 is 5.97 Å². The normalized spacial score (nSPS) is 13.8. The summed E-state index contributed by atoms with van der Waals surface area (Å²) in [7, 11) is 0. The van der Waals surface area contributed by atoms with Crippen LogP contribution in [-0.4, -0.2) is 33.2 Å². The van der Waals surface area contributed by atoms with Gasteiger partial charge in [0.25, 0.3) is 5.56 Å². The van der Waals surface area contributed by atoms with E-state index < -0.39 is 0 Å². The van der Waals surface area contributed by atoms with Crippen LogP contribution in [0.15, 0.2) is 10.9 Å². The molecule has 0 saturated heterocycles. The lowest BCUT2D eigenvalue weighted by molar-refractivity contribution is -0.147. The second-order valence-corrected chi connectivity index (χ2v) is 5.97. The van der Waals surface area contributed by atoms with Crippen LogP contribution < -0.4 is 10.9 Å². The number of nitrogens with zero attached hydrogens (tertiary/aromatic N) is 3. The number of nitrogens with one attached hydrogen (secondary N) is 1. The van der Waals surface area contributed by atoms with Gasteiger partial charge in [-0.3, -0.25) is 9.59 Å². The molecule has 0 amide bonds. The summed E-state index contributed by atoms with van der Waals surface area (Å²) >= 11 is 1.29. The first-order chi connectivity index (χ1) is 10.5. The maximum Gasteiger partial charge on any atom is 0.310 e. The number of esters is 1. The van der Waals surface area contributed by atoms with Gasteiger partial charge in [0, 0.05) is 17.8 Å². The van der Waals surface area contributed by atoms with E-state index in [2.05, 4.69) is 15.4 Å². The van der Waals surface area contributed by atoms with Crippen molar-refractivity contribution in [3.05, 3.63) is 22.1 Å². The number of hydrogen-bond donors (Lipinski definition) is 1. The molecule has 0 radical (unpaired) electrons. The van der Waals surface area contributed by atoms with E-state index in [1.165, 1.54) is 21.9 Å². The van der Waals surface area contributed by atoms with Crippen molar-refractivity contribution >= 4 is 27.4 Å². The van der Waals surface area contributed by atoms with Crippen LogP contribution >= 0.6 is 11.3 Å². The van der Waals surface area contributed by atoms with E-state index in [0.717, 1.165) is 5.69 Å². The molecule has 22 heavy (non-hydrogen) atoms. The third-order valence-corrected chi connectivity index (χ3v) is 4.26. The van der Waals surface area contributed by atoms with Crippen molar-refractivity contribution in [2.24, 2.45) is 5.92 Å². The first-order valence-electron chi connectivity index (χ1n) is 7.29. The molecule has 2 aromatic rings. The number of carbonyl (C=O) groups is 1. The minimum Gasteiger partial charge on any atom is -0.466 e. The highest BCUT2D eigenvalue weighted by molar-refractivity contribution is 7.20. The van der Waals surface area contributed by atoms with Crippen molar-refractivity contribution in [3.8, 4) is 0 Å². The second-order valence-electron chi connectivity index (χ2n) is 5.01. The zero-order valence-corrected chi connectivity index (χ0v) is 13.9. The van der Waals surface area contributed by atoms with Gasteiger partial charge in [-0.2, -0.15) is 4.52 Å². The van der Waals surface area contributed by atoms with E-state index in [1.807, 2.05) is 13.8 Å². The van der Waals surface area contributed by atoms with Gasteiger partial charge in [0.1, 0.15) is 0 Å². The van der Waals surface area contributed by atoms with E-state index in [4.69, 9.17) is 4.74 Å². The Bertz CT molecular complexity index is 724.